The number of benzene rings is 3. The summed E-state index contributed by atoms with van der Waals surface area (Å²) in [6.07, 6.45) is 8.35. The number of ketones is 1. The van der Waals surface area contributed by atoms with Crippen LogP contribution in [-0.4, -0.2) is 32.2 Å². The smallest absolute Gasteiger partial charge is 0.185 e. The van der Waals surface area contributed by atoms with Gasteiger partial charge in [-0.1, -0.05) is 36.4 Å². The van der Waals surface area contributed by atoms with Gasteiger partial charge in [0.1, 0.15) is 28.6 Å². The van der Waals surface area contributed by atoms with Gasteiger partial charge in [0.05, 0.1) is 26.4 Å². The summed E-state index contributed by atoms with van der Waals surface area (Å²) in [6, 6.07) is 17.2. The quantitative estimate of drug-likeness (QED) is 0.296. The van der Waals surface area contributed by atoms with E-state index in [1.54, 1.807) is 20.3 Å². The van der Waals surface area contributed by atoms with Crippen molar-refractivity contribution in [3.05, 3.63) is 94.6 Å². The molecule has 0 bridgehead atoms. The predicted octanol–water partition coefficient (Wildman–Crippen LogP) is 6.50. The summed E-state index contributed by atoms with van der Waals surface area (Å²) >= 11 is 0. The van der Waals surface area contributed by atoms with E-state index < -0.39 is 5.60 Å². The number of fused-ring (bicyclic) bond motifs is 3. The third kappa shape index (κ3) is 4.61. The summed E-state index contributed by atoms with van der Waals surface area (Å²) in [4.78, 5) is 12.8. The maximum absolute atomic E-state index is 12.8. The fourth-order valence-electron chi connectivity index (χ4n) is 4.77. The van der Waals surface area contributed by atoms with E-state index in [1.807, 2.05) is 74.5 Å². The van der Waals surface area contributed by atoms with Crippen molar-refractivity contribution in [2.75, 3.05) is 20.8 Å². The molecule has 5 nitrogen and oxygen atoms in total. The zero-order valence-corrected chi connectivity index (χ0v) is 21.0. The number of carbonyl (C=O) groups excluding carboxylic acids is 1. The highest BCUT2D eigenvalue weighted by atomic mass is 16.5. The van der Waals surface area contributed by atoms with E-state index in [2.05, 4.69) is 12.1 Å². The van der Waals surface area contributed by atoms with Crippen LogP contribution in [0.25, 0.3) is 12.2 Å². The fraction of sp³-hybridized carbons (Fsp3) is 0.258. The molecule has 36 heavy (non-hydrogen) atoms. The number of rotatable bonds is 6. The predicted molar refractivity (Wildman–Crippen MR) is 141 cm³/mol. The highest BCUT2D eigenvalue weighted by Crippen LogP contribution is 2.46. The first-order valence-electron chi connectivity index (χ1n) is 12.1. The number of hydrogen-bond acceptors (Lipinski definition) is 5. The summed E-state index contributed by atoms with van der Waals surface area (Å²) in [5, 5.41) is 0. The molecule has 0 saturated carbocycles. The Morgan fingerprint density at radius 1 is 1.03 bits per heavy atom. The lowest BCUT2D eigenvalue weighted by Crippen LogP contribution is -2.29. The number of hydrogen-bond donors (Lipinski definition) is 0. The van der Waals surface area contributed by atoms with Crippen LogP contribution < -0.4 is 18.9 Å². The minimum absolute atomic E-state index is 0.0511. The van der Waals surface area contributed by atoms with Crippen molar-refractivity contribution in [2.45, 2.75) is 31.8 Å². The zero-order chi connectivity index (χ0) is 25.3. The number of ether oxygens (including phenoxy) is 4. The van der Waals surface area contributed by atoms with Crippen molar-refractivity contribution in [1.82, 2.24) is 0 Å². The second-order valence-electron chi connectivity index (χ2n) is 9.62. The molecule has 3 aromatic rings. The molecule has 0 N–H and O–H groups in total. The highest BCUT2D eigenvalue weighted by molar-refractivity contribution is 6.07. The van der Waals surface area contributed by atoms with Gasteiger partial charge in [0, 0.05) is 28.7 Å². The molecule has 0 radical (unpaired) electrons. The van der Waals surface area contributed by atoms with Crippen LogP contribution in [0.2, 0.25) is 0 Å². The lowest BCUT2D eigenvalue weighted by Gasteiger charge is -2.34. The van der Waals surface area contributed by atoms with E-state index in [-0.39, 0.29) is 11.7 Å². The monoisotopic (exact) mass is 482 g/mol. The van der Waals surface area contributed by atoms with Crippen LogP contribution in [0.4, 0.5) is 0 Å². The molecule has 0 spiro atoms. The Morgan fingerprint density at radius 3 is 2.58 bits per heavy atom. The Bertz CT molecular complexity index is 1350. The standard InChI is InChI=1S/C31H30O5/c1-31(2)15-14-26-29-22(17-23(19-35-29)25-12-11-24(33-3)18-28(25)34-4)16-21(30(26)36-31)10-13-27(32)20-8-6-5-7-9-20/h5-16,18,23H,17,19H2,1-4H3/b13-10+/t23-/m0/s1. The number of allylic oxidation sites excluding steroid dienone is 1. The highest BCUT2D eigenvalue weighted by Gasteiger charge is 2.32. The lowest BCUT2D eigenvalue weighted by molar-refractivity contribution is 0.104. The van der Waals surface area contributed by atoms with E-state index in [4.69, 9.17) is 18.9 Å². The molecule has 184 valence electrons. The molecule has 2 aliphatic heterocycles. The molecular formula is C31H30O5. The second-order valence-corrected chi connectivity index (χ2v) is 9.62. The van der Waals surface area contributed by atoms with E-state index in [1.165, 1.54) is 0 Å². The summed E-state index contributed by atoms with van der Waals surface area (Å²) < 4.78 is 23.7. The van der Waals surface area contributed by atoms with Gasteiger partial charge < -0.3 is 18.9 Å². The van der Waals surface area contributed by atoms with E-state index >= 15 is 0 Å². The van der Waals surface area contributed by atoms with Crippen molar-refractivity contribution >= 4 is 17.9 Å². The second kappa shape index (κ2) is 9.57. The SMILES string of the molecule is COc1ccc([C@@H]2COc3c(cc(/C=C/C(=O)c4ccccc4)c4c3C=CC(C)(C)O4)C2)c(OC)c1. The fourth-order valence-corrected chi connectivity index (χ4v) is 4.77. The van der Waals surface area contributed by atoms with Gasteiger partial charge in [0.2, 0.25) is 0 Å². The lowest BCUT2D eigenvalue weighted by atomic mass is 9.86. The van der Waals surface area contributed by atoms with Crippen LogP contribution in [-0.2, 0) is 6.42 Å². The van der Waals surface area contributed by atoms with Crippen molar-refractivity contribution in [1.29, 1.82) is 0 Å². The van der Waals surface area contributed by atoms with E-state index in [0.717, 1.165) is 51.7 Å². The van der Waals surface area contributed by atoms with Gasteiger partial charge in [-0.3, -0.25) is 4.79 Å². The molecule has 2 heterocycles. The molecule has 0 aliphatic carbocycles. The van der Waals surface area contributed by atoms with Gasteiger partial charge in [0.15, 0.2) is 5.78 Å². The Kier molecular flexibility index (Phi) is 6.31. The Labute approximate surface area is 212 Å². The van der Waals surface area contributed by atoms with Crippen LogP contribution in [0.3, 0.4) is 0 Å². The molecule has 5 heteroatoms. The largest absolute Gasteiger partial charge is 0.497 e. The minimum Gasteiger partial charge on any atom is -0.497 e. The minimum atomic E-state index is -0.457. The molecule has 2 aliphatic rings. The van der Waals surface area contributed by atoms with Crippen LogP contribution in [0.15, 0.2) is 66.7 Å². The molecule has 0 saturated heterocycles. The topological polar surface area (TPSA) is 54.0 Å². The first kappa shape index (κ1) is 23.7. The molecule has 5 rings (SSSR count). The van der Waals surface area contributed by atoms with Crippen molar-refractivity contribution in [2.24, 2.45) is 0 Å². The van der Waals surface area contributed by atoms with Gasteiger partial charge in [-0.25, -0.2) is 0 Å². The summed E-state index contributed by atoms with van der Waals surface area (Å²) in [7, 11) is 3.31. The molecule has 0 aromatic heterocycles. The zero-order valence-electron chi connectivity index (χ0n) is 21.0. The summed E-state index contributed by atoms with van der Waals surface area (Å²) in [5.74, 6) is 3.17. The summed E-state index contributed by atoms with van der Waals surface area (Å²) in [6.45, 7) is 4.56. The molecule has 0 fully saturated rings. The van der Waals surface area contributed by atoms with Gasteiger partial charge in [-0.15, -0.1) is 0 Å². The van der Waals surface area contributed by atoms with Gasteiger partial charge in [0.25, 0.3) is 0 Å². The Morgan fingerprint density at radius 2 is 1.83 bits per heavy atom. The van der Waals surface area contributed by atoms with E-state index in [0.29, 0.717) is 12.2 Å². The van der Waals surface area contributed by atoms with Crippen molar-refractivity contribution in [3.8, 4) is 23.0 Å². The van der Waals surface area contributed by atoms with Crippen LogP contribution in [0.5, 0.6) is 23.0 Å². The van der Waals surface area contributed by atoms with Crippen molar-refractivity contribution in [3.63, 3.8) is 0 Å². The molecular weight excluding hydrogens is 452 g/mol. The number of methoxy groups -OCH3 is 2. The van der Waals surface area contributed by atoms with E-state index in [9.17, 15) is 4.79 Å². The molecule has 0 amide bonds. The van der Waals surface area contributed by atoms with Gasteiger partial charge in [-0.05, 0) is 62.3 Å². The van der Waals surface area contributed by atoms with Crippen LogP contribution in [0, 0.1) is 0 Å². The Hall–Kier alpha value is -3.99. The molecule has 3 aromatic carbocycles. The van der Waals surface area contributed by atoms with Gasteiger partial charge >= 0.3 is 0 Å². The summed E-state index contributed by atoms with van der Waals surface area (Å²) in [5.41, 5.74) is 4.11. The van der Waals surface area contributed by atoms with Crippen LogP contribution >= 0.6 is 0 Å². The van der Waals surface area contributed by atoms with Gasteiger partial charge in [-0.2, -0.15) is 0 Å². The first-order valence-corrected chi connectivity index (χ1v) is 12.1. The maximum Gasteiger partial charge on any atom is 0.185 e. The first-order chi connectivity index (χ1) is 17.4. The van der Waals surface area contributed by atoms with Crippen LogP contribution in [0.1, 0.15) is 52.4 Å². The third-order valence-corrected chi connectivity index (χ3v) is 6.64. The Balaban J connectivity index is 1.53. The average Bonchev–Trinajstić information content (AvgIpc) is 2.90. The third-order valence-electron chi connectivity index (χ3n) is 6.64. The molecule has 0 unspecified atom stereocenters. The van der Waals surface area contributed by atoms with Crippen molar-refractivity contribution < 1.29 is 23.7 Å². The number of carbonyl (C=O) groups is 1. The normalized spacial score (nSPS) is 17.5. The average molecular weight is 483 g/mol. The molecule has 1 atom stereocenters. The maximum atomic E-state index is 12.8.